The van der Waals surface area contributed by atoms with Gasteiger partial charge >= 0.3 is 0 Å². The van der Waals surface area contributed by atoms with Gasteiger partial charge in [-0.15, -0.1) is 13.2 Å². The van der Waals surface area contributed by atoms with E-state index >= 15 is 0 Å². The molecule has 0 N–H and O–H groups in total. The summed E-state index contributed by atoms with van der Waals surface area (Å²) < 4.78 is 25.7. The minimum Gasteiger partial charge on any atom is -0.244 e. The van der Waals surface area contributed by atoms with E-state index in [1.807, 2.05) is 0 Å². The Labute approximate surface area is 106 Å². The smallest absolute Gasteiger partial charge is 0.243 e. The summed E-state index contributed by atoms with van der Waals surface area (Å²) in [6.45, 7) is 7.49. The zero-order valence-corrected chi connectivity index (χ0v) is 10.8. The predicted octanol–water partition coefficient (Wildman–Crippen LogP) is 2.10. The van der Waals surface area contributed by atoms with Crippen LogP contribution in [0.2, 0.25) is 5.15 Å². The summed E-state index contributed by atoms with van der Waals surface area (Å²) in [5, 5.41) is 0.142. The lowest BCUT2D eigenvalue weighted by Crippen LogP contribution is -2.31. The van der Waals surface area contributed by atoms with Crippen molar-refractivity contribution >= 4 is 21.6 Å². The van der Waals surface area contributed by atoms with Gasteiger partial charge in [0.05, 0.1) is 4.90 Å². The Kier molecular flexibility index (Phi) is 4.86. The molecule has 0 saturated carbocycles. The van der Waals surface area contributed by atoms with Crippen LogP contribution in [-0.2, 0) is 10.0 Å². The zero-order chi connectivity index (χ0) is 12.9. The van der Waals surface area contributed by atoms with E-state index in [-0.39, 0.29) is 23.1 Å². The van der Waals surface area contributed by atoms with Gasteiger partial charge in [-0.05, 0) is 12.1 Å². The van der Waals surface area contributed by atoms with Gasteiger partial charge < -0.3 is 0 Å². The maximum atomic E-state index is 12.2. The summed E-state index contributed by atoms with van der Waals surface area (Å²) in [7, 11) is -3.58. The van der Waals surface area contributed by atoms with Crippen molar-refractivity contribution in [3.8, 4) is 0 Å². The summed E-state index contributed by atoms with van der Waals surface area (Å²) in [4.78, 5) is 3.86. The number of rotatable bonds is 6. The molecule has 0 spiro atoms. The van der Waals surface area contributed by atoms with Crippen LogP contribution in [0.15, 0.2) is 48.5 Å². The van der Waals surface area contributed by atoms with Gasteiger partial charge in [-0.25, -0.2) is 13.4 Å². The summed E-state index contributed by atoms with van der Waals surface area (Å²) in [5.74, 6) is 0. The van der Waals surface area contributed by atoms with E-state index in [0.717, 1.165) is 0 Å². The molecule has 0 radical (unpaired) electrons. The van der Waals surface area contributed by atoms with Crippen LogP contribution >= 0.6 is 11.6 Å². The third-order valence-electron chi connectivity index (χ3n) is 2.00. The van der Waals surface area contributed by atoms with Crippen molar-refractivity contribution in [1.29, 1.82) is 0 Å². The van der Waals surface area contributed by atoms with E-state index in [1.165, 1.54) is 34.8 Å². The highest BCUT2D eigenvalue weighted by molar-refractivity contribution is 7.89. The summed E-state index contributed by atoms with van der Waals surface area (Å²) in [6.07, 6.45) is 4.39. The van der Waals surface area contributed by atoms with Crippen molar-refractivity contribution in [3.63, 3.8) is 0 Å². The fourth-order valence-electron chi connectivity index (χ4n) is 1.25. The van der Waals surface area contributed by atoms with E-state index in [4.69, 9.17) is 11.6 Å². The quantitative estimate of drug-likeness (QED) is 0.589. The SMILES string of the molecule is C=CCN(CC=C)S(=O)(=O)c1ccnc(Cl)c1. The molecule has 17 heavy (non-hydrogen) atoms. The second-order valence-corrected chi connectivity index (χ2v) is 5.54. The fourth-order valence-corrected chi connectivity index (χ4v) is 2.89. The Morgan fingerprint density at radius 3 is 2.41 bits per heavy atom. The molecule has 1 rings (SSSR count). The van der Waals surface area contributed by atoms with Crippen LogP contribution in [-0.4, -0.2) is 30.8 Å². The highest BCUT2D eigenvalue weighted by Gasteiger charge is 2.22. The fraction of sp³-hybridized carbons (Fsp3) is 0.182. The van der Waals surface area contributed by atoms with Crippen molar-refractivity contribution in [3.05, 3.63) is 48.8 Å². The molecule has 0 aliphatic heterocycles. The van der Waals surface area contributed by atoms with E-state index in [1.54, 1.807) is 0 Å². The molecule has 0 unspecified atom stereocenters. The van der Waals surface area contributed by atoms with Crippen molar-refractivity contribution in [2.45, 2.75) is 4.90 Å². The molecule has 0 fully saturated rings. The van der Waals surface area contributed by atoms with Crippen LogP contribution in [0, 0.1) is 0 Å². The van der Waals surface area contributed by atoms with Crippen LogP contribution in [0.3, 0.4) is 0 Å². The molecule has 0 bridgehead atoms. The van der Waals surface area contributed by atoms with Crippen molar-refractivity contribution in [2.24, 2.45) is 0 Å². The first-order valence-corrected chi connectivity index (χ1v) is 6.67. The number of pyridine rings is 1. The van der Waals surface area contributed by atoms with Gasteiger partial charge in [0.15, 0.2) is 0 Å². The molecule has 0 saturated heterocycles. The van der Waals surface area contributed by atoms with Gasteiger partial charge in [0.2, 0.25) is 10.0 Å². The van der Waals surface area contributed by atoms with Gasteiger partial charge in [-0.1, -0.05) is 23.8 Å². The molecule has 0 aliphatic rings. The lowest BCUT2D eigenvalue weighted by Gasteiger charge is -2.18. The van der Waals surface area contributed by atoms with Crippen LogP contribution < -0.4 is 0 Å². The minimum absolute atomic E-state index is 0.112. The van der Waals surface area contributed by atoms with Gasteiger partial charge in [0, 0.05) is 19.3 Å². The minimum atomic E-state index is -3.58. The number of halogens is 1. The van der Waals surface area contributed by atoms with Crippen LogP contribution in [0.4, 0.5) is 0 Å². The normalized spacial score (nSPS) is 11.4. The predicted molar refractivity (Wildman–Crippen MR) is 68.4 cm³/mol. The molecule has 4 nitrogen and oxygen atoms in total. The third kappa shape index (κ3) is 3.39. The lowest BCUT2D eigenvalue weighted by molar-refractivity contribution is 0.474. The maximum Gasteiger partial charge on any atom is 0.243 e. The topological polar surface area (TPSA) is 50.3 Å². The Balaban J connectivity index is 3.15. The monoisotopic (exact) mass is 272 g/mol. The molecule has 6 heteroatoms. The van der Waals surface area contributed by atoms with E-state index in [0.29, 0.717) is 0 Å². The van der Waals surface area contributed by atoms with E-state index < -0.39 is 10.0 Å². The highest BCUT2D eigenvalue weighted by atomic mass is 35.5. The van der Waals surface area contributed by atoms with Gasteiger partial charge in [-0.2, -0.15) is 4.31 Å². The molecule has 92 valence electrons. The average Bonchev–Trinajstić information content (AvgIpc) is 2.29. The molecular formula is C11H13ClN2O2S. The second kappa shape index (κ2) is 5.95. The Morgan fingerprint density at radius 2 is 1.94 bits per heavy atom. The van der Waals surface area contributed by atoms with Crippen molar-refractivity contribution < 1.29 is 8.42 Å². The lowest BCUT2D eigenvalue weighted by atomic mass is 10.5. The van der Waals surface area contributed by atoms with Crippen molar-refractivity contribution in [1.82, 2.24) is 9.29 Å². The second-order valence-electron chi connectivity index (χ2n) is 3.21. The first-order chi connectivity index (χ1) is 8.02. The summed E-state index contributed by atoms with van der Waals surface area (Å²) >= 11 is 5.68. The number of aromatic nitrogens is 1. The highest BCUT2D eigenvalue weighted by Crippen LogP contribution is 2.17. The Hall–Kier alpha value is -1.17. The molecule has 1 aromatic rings. The average molecular weight is 273 g/mol. The van der Waals surface area contributed by atoms with Crippen LogP contribution in [0.5, 0.6) is 0 Å². The number of nitrogens with zero attached hydrogens (tertiary/aromatic N) is 2. The molecule has 0 aliphatic carbocycles. The first-order valence-electron chi connectivity index (χ1n) is 4.86. The number of hydrogen-bond acceptors (Lipinski definition) is 3. The molecule has 0 atom stereocenters. The van der Waals surface area contributed by atoms with Crippen molar-refractivity contribution in [2.75, 3.05) is 13.1 Å². The van der Waals surface area contributed by atoms with E-state index in [9.17, 15) is 8.42 Å². The third-order valence-corrected chi connectivity index (χ3v) is 4.04. The maximum absolute atomic E-state index is 12.2. The van der Waals surface area contributed by atoms with Gasteiger partial charge in [0.1, 0.15) is 5.15 Å². The van der Waals surface area contributed by atoms with Gasteiger partial charge in [0.25, 0.3) is 0 Å². The largest absolute Gasteiger partial charge is 0.244 e. The van der Waals surface area contributed by atoms with E-state index in [2.05, 4.69) is 18.1 Å². The number of hydrogen-bond donors (Lipinski definition) is 0. The molecule has 0 aromatic carbocycles. The standard InChI is InChI=1S/C11H13ClN2O2S/c1-3-7-14(8-4-2)17(15,16)10-5-6-13-11(12)9-10/h3-6,9H,1-2,7-8H2. The Morgan fingerprint density at radius 1 is 1.35 bits per heavy atom. The molecular weight excluding hydrogens is 260 g/mol. The zero-order valence-electron chi connectivity index (χ0n) is 9.21. The Bertz CT molecular complexity index is 504. The van der Waals surface area contributed by atoms with Gasteiger partial charge in [-0.3, -0.25) is 0 Å². The molecule has 1 aromatic heterocycles. The first kappa shape index (κ1) is 13.9. The summed E-state index contributed by atoms with van der Waals surface area (Å²) in [6, 6.07) is 2.72. The molecule has 1 heterocycles. The summed E-state index contributed by atoms with van der Waals surface area (Å²) in [5.41, 5.74) is 0. The van der Waals surface area contributed by atoms with Crippen LogP contribution in [0.1, 0.15) is 0 Å². The molecule has 0 amide bonds. The van der Waals surface area contributed by atoms with Crippen LogP contribution in [0.25, 0.3) is 0 Å². The number of sulfonamides is 1.